The minimum Gasteiger partial charge on any atom is -0.339 e. The number of carbonyl (C=O) groups is 1. The molecule has 0 bridgehead atoms. The third-order valence-corrected chi connectivity index (χ3v) is 3.12. The molecule has 1 amide bonds. The fraction of sp³-hybridized carbons (Fsp3) is 0.923. The molecule has 2 N–H and O–H groups in total. The van der Waals surface area contributed by atoms with E-state index in [0.29, 0.717) is 36.8 Å². The van der Waals surface area contributed by atoms with Crippen molar-refractivity contribution < 1.29 is 4.79 Å². The van der Waals surface area contributed by atoms with Crippen LogP contribution in [0.5, 0.6) is 0 Å². The van der Waals surface area contributed by atoms with E-state index in [1.54, 1.807) is 0 Å². The van der Waals surface area contributed by atoms with Crippen molar-refractivity contribution in [3.05, 3.63) is 0 Å². The summed E-state index contributed by atoms with van der Waals surface area (Å²) in [5.74, 6) is 1.36. The van der Waals surface area contributed by atoms with Gasteiger partial charge in [-0.3, -0.25) is 4.79 Å². The zero-order valence-corrected chi connectivity index (χ0v) is 10.9. The molecular weight excluding hydrogens is 200 g/mol. The van der Waals surface area contributed by atoms with Gasteiger partial charge in [-0.2, -0.15) is 0 Å². The summed E-state index contributed by atoms with van der Waals surface area (Å²) in [6.45, 7) is 8.05. The maximum absolute atomic E-state index is 12.1. The molecule has 1 aliphatic carbocycles. The summed E-state index contributed by atoms with van der Waals surface area (Å²) in [5, 5.41) is 0. The molecule has 3 heteroatoms. The Balaban J connectivity index is 2.35. The molecule has 1 fully saturated rings. The van der Waals surface area contributed by atoms with Gasteiger partial charge in [0.2, 0.25) is 5.91 Å². The Bertz CT molecular complexity index is 224. The Morgan fingerprint density at radius 3 is 2.44 bits per heavy atom. The first-order valence-corrected chi connectivity index (χ1v) is 6.54. The lowest BCUT2D eigenvalue weighted by Crippen LogP contribution is -2.36. The summed E-state index contributed by atoms with van der Waals surface area (Å²) in [7, 11) is 0. The van der Waals surface area contributed by atoms with Crippen LogP contribution in [-0.2, 0) is 4.79 Å². The molecule has 0 radical (unpaired) electrons. The molecule has 1 rings (SSSR count). The van der Waals surface area contributed by atoms with Gasteiger partial charge in [-0.05, 0) is 37.6 Å². The van der Waals surface area contributed by atoms with Gasteiger partial charge in [-0.15, -0.1) is 0 Å². The third-order valence-electron chi connectivity index (χ3n) is 3.12. The smallest absolute Gasteiger partial charge is 0.222 e. The highest BCUT2D eigenvalue weighted by atomic mass is 16.2. The molecule has 3 nitrogen and oxygen atoms in total. The third kappa shape index (κ3) is 4.52. The van der Waals surface area contributed by atoms with Gasteiger partial charge < -0.3 is 10.6 Å². The SMILES string of the molecule is CC(C)CN(C(=O)CCC(C)CN)C1CC1. The van der Waals surface area contributed by atoms with Crippen LogP contribution >= 0.6 is 0 Å². The highest BCUT2D eigenvalue weighted by Gasteiger charge is 2.32. The Morgan fingerprint density at radius 2 is 2.00 bits per heavy atom. The van der Waals surface area contributed by atoms with Crippen molar-refractivity contribution in [2.45, 2.75) is 52.5 Å². The van der Waals surface area contributed by atoms with Gasteiger partial charge in [-0.1, -0.05) is 20.8 Å². The van der Waals surface area contributed by atoms with Crippen molar-refractivity contribution in [3.8, 4) is 0 Å². The molecule has 0 heterocycles. The molecular formula is C13H26N2O. The maximum Gasteiger partial charge on any atom is 0.222 e. The zero-order valence-electron chi connectivity index (χ0n) is 10.9. The standard InChI is InChI=1S/C13H26N2O/c1-10(2)9-15(12-5-6-12)13(16)7-4-11(3)8-14/h10-12H,4-9,14H2,1-3H3. The Kier molecular flexibility index (Phi) is 5.26. The van der Waals surface area contributed by atoms with Gasteiger partial charge in [0.1, 0.15) is 0 Å². The molecule has 0 spiro atoms. The molecule has 0 aliphatic heterocycles. The minimum atomic E-state index is 0.330. The molecule has 0 aromatic rings. The normalized spacial score (nSPS) is 17.6. The van der Waals surface area contributed by atoms with E-state index < -0.39 is 0 Å². The van der Waals surface area contributed by atoms with Crippen LogP contribution < -0.4 is 5.73 Å². The molecule has 0 aromatic carbocycles. The number of carbonyl (C=O) groups excluding carboxylic acids is 1. The average molecular weight is 226 g/mol. The number of rotatable bonds is 7. The van der Waals surface area contributed by atoms with Crippen molar-refractivity contribution >= 4 is 5.91 Å². The van der Waals surface area contributed by atoms with Crippen LogP contribution in [0.25, 0.3) is 0 Å². The molecule has 0 saturated heterocycles. The van der Waals surface area contributed by atoms with Crippen LogP contribution in [0.2, 0.25) is 0 Å². The van der Waals surface area contributed by atoms with Crippen LogP contribution in [-0.4, -0.2) is 29.9 Å². The Labute approximate surface area is 99.4 Å². The fourth-order valence-corrected chi connectivity index (χ4v) is 1.87. The second-order valence-electron chi connectivity index (χ2n) is 5.55. The van der Waals surface area contributed by atoms with Crippen LogP contribution in [0.3, 0.4) is 0 Å². The van der Waals surface area contributed by atoms with E-state index >= 15 is 0 Å². The van der Waals surface area contributed by atoms with Crippen molar-refractivity contribution in [1.29, 1.82) is 0 Å². The number of amides is 1. The molecule has 1 saturated carbocycles. The van der Waals surface area contributed by atoms with E-state index in [1.807, 2.05) is 0 Å². The van der Waals surface area contributed by atoms with E-state index in [0.717, 1.165) is 13.0 Å². The van der Waals surface area contributed by atoms with Crippen molar-refractivity contribution in [2.24, 2.45) is 17.6 Å². The summed E-state index contributed by atoms with van der Waals surface area (Å²) in [6, 6.07) is 0.545. The number of hydrogen-bond donors (Lipinski definition) is 1. The molecule has 0 aromatic heterocycles. The van der Waals surface area contributed by atoms with Crippen LogP contribution in [0.4, 0.5) is 0 Å². The zero-order chi connectivity index (χ0) is 12.1. The molecule has 16 heavy (non-hydrogen) atoms. The predicted molar refractivity (Wildman–Crippen MR) is 67.0 cm³/mol. The van der Waals surface area contributed by atoms with Crippen LogP contribution in [0, 0.1) is 11.8 Å². The molecule has 94 valence electrons. The fourth-order valence-electron chi connectivity index (χ4n) is 1.87. The van der Waals surface area contributed by atoms with Crippen LogP contribution in [0.1, 0.15) is 46.5 Å². The average Bonchev–Trinajstić information content (AvgIpc) is 3.05. The van der Waals surface area contributed by atoms with E-state index in [2.05, 4.69) is 25.7 Å². The van der Waals surface area contributed by atoms with Crippen molar-refractivity contribution in [3.63, 3.8) is 0 Å². The second-order valence-corrected chi connectivity index (χ2v) is 5.55. The van der Waals surface area contributed by atoms with E-state index in [-0.39, 0.29) is 0 Å². The lowest BCUT2D eigenvalue weighted by atomic mass is 10.1. The first kappa shape index (κ1) is 13.5. The van der Waals surface area contributed by atoms with Gasteiger partial charge in [0.15, 0.2) is 0 Å². The summed E-state index contributed by atoms with van der Waals surface area (Å²) < 4.78 is 0. The van der Waals surface area contributed by atoms with Crippen molar-refractivity contribution in [2.75, 3.05) is 13.1 Å². The van der Waals surface area contributed by atoms with E-state index in [4.69, 9.17) is 5.73 Å². The highest BCUT2D eigenvalue weighted by molar-refractivity contribution is 5.76. The number of nitrogens with two attached hydrogens (primary N) is 1. The molecule has 1 atom stereocenters. The van der Waals surface area contributed by atoms with E-state index in [1.165, 1.54) is 12.8 Å². The summed E-state index contributed by atoms with van der Waals surface area (Å²) in [5.41, 5.74) is 5.56. The number of nitrogens with zero attached hydrogens (tertiary/aromatic N) is 1. The number of hydrogen-bond acceptors (Lipinski definition) is 2. The summed E-state index contributed by atoms with van der Waals surface area (Å²) in [4.78, 5) is 14.2. The highest BCUT2D eigenvalue weighted by Crippen LogP contribution is 2.28. The largest absolute Gasteiger partial charge is 0.339 e. The van der Waals surface area contributed by atoms with Crippen molar-refractivity contribution in [1.82, 2.24) is 4.90 Å². The first-order chi connectivity index (χ1) is 7.54. The second kappa shape index (κ2) is 6.24. The topological polar surface area (TPSA) is 46.3 Å². The lowest BCUT2D eigenvalue weighted by Gasteiger charge is -2.25. The Morgan fingerprint density at radius 1 is 1.38 bits per heavy atom. The van der Waals surface area contributed by atoms with Gasteiger partial charge >= 0.3 is 0 Å². The van der Waals surface area contributed by atoms with Gasteiger partial charge in [0, 0.05) is 19.0 Å². The predicted octanol–water partition coefficient (Wildman–Crippen LogP) is 2.01. The van der Waals surface area contributed by atoms with Crippen LogP contribution in [0.15, 0.2) is 0 Å². The molecule has 1 aliphatic rings. The quantitative estimate of drug-likeness (QED) is 0.722. The van der Waals surface area contributed by atoms with E-state index in [9.17, 15) is 4.79 Å². The van der Waals surface area contributed by atoms with Gasteiger partial charge in [0.05, 0.1) is 0 Å². The maximum atomic E-state index is 12.1. The molecule has 1 unspecified atom stereocenters. The summed E-state index contributed by atoms with van der Waals surface area (Å²) in [6.07, 6.45) is 3.99. The monoisotopic (exact) mass is 226 g/mol. The first-order valence-electron chi connectivity index (χ1n) is 6.54. The van der Waals surface area contributed by atoms with Gasteiger partial charge in [-0.25, -0.2) is 0 Å². The lowest BCUT2D eigenvalue weighted by molar-refractivity contribution is -0.132. The van der Waals surface area contributed by atoms with Gasteiger partial charge in [0.25, 0.3) is 0 Å². The Hall–Kier alpha value is -0.570. The summed E-state index contributed by atoms with van der Waals surface area (Å²) >= 11 is 0. The minimum absolute atomic E-state index is 0.330.